The molecule has 0 N–H and O–H groups in total. The summed E-state index contributed by atoms with van der Waals surface area (Å²) < 4.78 is 58.4. The minimum absolute atomic E-state index is 0.0503. The lowest BCUT2D eigenvalue weighted by molar-refractivity contribution is 0.351. The second-order valence-electron chi connectivity index (χ2n) is 9.68. The van der Waals surface area contributed by atoms with Crippen molar-refractivity contribution < 1.29 is 16.8 Å². The van der Waals surface area contributed by atoms with Crippen LogP contribution < -0.4 is 0 Å². The Kier molecular flexibility index (Phi) is 19.5. The van der Waals surface area contributed by atoms with Crippen molar-refractivity contribution in [2.45, 2.75) is 121 Å². The molecule has 0 aromatic rings. The van der Waals surface area contributed by atoms with Gasteiger partial charge in [0.15, 0.2) is 0 Å². The Labute approximate surface area is 237 Å². The van der Waals surface area contributed by atoms with Crippen molar-refractivity contribution in [2.24, 2.45) is 0 Å². The van der Waals surface area contributed by atoms with E-state index < -0.39 is 24.1 Å². The van der Waals surface area contributed by atoms with Crippen molar-refractivity contribution >= 4 is 20.0 Å². The zero-order chi connectivity index (χ0) is 29.6. The zero-order valence-electron chi connectivity index (χ0n) is 23.8. The smallest absolute Gasteiger partial charge is 0.210 e. The number of rotatable bonds is 24. The molecule has 10 nitrogen and oxygen atoms in total. The maximum Gasteiger partial charge on any atom is 0.235 e. The molecule has 0 aromatic heterocycles. The molecule has 0 amide bonds. The Bertz CT molecular complexity index is 936. The molecular formula is C27H46N6O4S2. The SMILES string of the molecule is CCCC(CCC)(S(=O)(=O)N(CCCCC#N)CCCCC#N)S(=O)(=O)N(CCCCC#N)CCCCC#N. The first kappa shape index (κ1) is 36.8. The molecule has 0 rings (SSSR count). The van der Waals surface area contributed by atoms with Crippen LogP contribution in [0.3, 0.4) is 0 Å². The molecule has 0 aromatic carbocycles. The van der Waals surface area contributed by atoms with Crippen LogP contribution in [0.1, 0.15) is 117 Å². The molecule has 12 heteroatoms. The first-order chi connectivity index (χ1) is 18.7. The molecule has 0 saturated carbocycles. The highest BCUT2D eigenvalue weighted by atomic mass is 32.3. The molecule has 0 saturated heterocycles. The molecule has 220 valence electrons. The fourth-order valence-corrected chi connectivity index (χ4v) is 10.6. The third-order valence-corrected chi connectivity index (χ3v) is 12.7. The van der Waals surface area contributed by atoms with Crippen LogP contribution in [-0.2, 0) is 20.0 Å². The minimum atomic E-state index is -4.36. The molecule has 0 fully saturated rings. The molecule has 0 bridgehead atoms. The van der Waals surface area contributed by atoms with Crippen LogP contribution in [-0.4, -0.2) is 55.7 Å². The molecule has 0 aliphatic heterocycles. The van der Waals surface area contributed by atoms with E-state index in [4.69, 9.17) is 21.0 Å². The van der Waals surface area contributed by atoms with E-state index in [0.717, 1.165) is 0 Å². The van der Waals surface area contributed by atoms with E-state index in [1.807, 2.05) is 0 Å². The minimum Gasteiger partial charge on any atom is -0.210 e. The van der Waals surface area contributed by atoms with Gasteiger partial charge in [0.2, 0.25) is 24.1 Å². The van der Waals surface area contributed by atoms with Crippen LogP contribution in [0.4, 0.5) is 0 Å². The Morgan fingerprint density at radius 1 is 0.513 bits per heavy atom. The monoisotopic (exact) mass is 582 g/mol. The van der Waals surface area contributed by atoms with Gasteiger partial charge < -0.3 is 0 Å². The number of sulfonamides is 2. The van der Waals surface area contributed by atoms with Gasteiger partial charge in [-0.3, -0.25) is 0 Å². The quantitative estimate of drug-likeness (QED) is 0.138. The van der Waals surface area contributed by atoms with Gasteiger partial charge in [-0.1, -0.05) is 26.7 Å². The van der Waals surface area contributed by atoms with E-state index in [-0.39, 0.29) is 64.7 Å². The second-order valence-corrected chi connectivity index (χ2v) is 14.4. The van der Waals surface area contributed by atoms with Gasteiger partial charge in [-0.2, -0.15) is 21.0 Å². The van der Waals surface area contributed by atoms with Crippen molar-refractivity contribution in [1.82, 2.24) is 8.61 Å². The van der Waals surface area contributed by atoms with Crippen LogP contribution >= 0.6 is 0 Å². The van der Waals surface area contributed by atoms with Gasteiger partial charge in [0, 0.05) is 51.9 Å². The highest BCUT2D eigenvalue weighted by molar-refractivity contribution is 8.08. The number of nitriles is 4. The summed E-state index contributed by atoms with van der Waals surface area (Å²) in [6.07, 6.45) is 5.52. The molecule has 0 aliphatic carbocycles. The van der Waals surface area contributed by atoms with Crippen LogP contribution in [0, 0.1) is 45.3 Å². The summed E-state index contributed by atoms with van der Waals surface area (Å²) >= 11 is 0. The van der Waals surface area contributed by atoms with Crippen LogP contribution in [0.25, 0.3) is 0 Å². The third kappa shape index (κ3) is 11.4. The molecule has 0 heterocycles. The number of unbranched alkanes of at least 4 members (excludes halogenated alkanes) is 8. The molecule has 0 spiro atoms. The summed E-state index contributed by atoms with van der Waals surface area (Å²) in [7, 11) is -8.73. The van der Waals surface area contributed by atoms with E-state index in [2.05, 4.69) is 24.3 Å². The molecule has 0 aliphatic rings. The lowest BCUT2D eigenvalue weighted by atomic mass is 10.1. The molecular weight excluding hydrogens is 536 g/mol. The fraction of sp³-hybridized carbons (Fsp3) is 0.852. The lowest BCUT2D eigenvalue weighted by Crippen LogP contribution is -2.58. The Hall–Kier alpha value is -2.22. The van der Waals surface area contributed by atoms with Gasteiger partial charge in [0.1, 0.15) is 0 Å². The van der Waals surface area contributed by atoms with Crippen molar-refractivity contribution in [1.29, 1.82) is 21.0 Å². The fourth-order valence-electron chi connectivity index (χ4n) is 4.68. The average Bonchev–Trinajstić information content (AvgIpc) is 2.90. The summed E-state index contributed by atoms with van der Waals surface area (Å²) in [5.41, 5.74) is 0. The second kappa shape index (κ2) is 20.7. The first-order valence-corrected chi connectivity index (χ1v) is 17.0. The van der Waals surface area contributed by atoms with E-state index >= 15 is 0 Å². The Morgan fingerprint density at radius 2 is 0.769 bits per heavy atom. The molecule has 0 unspecified atom stereocenters. The summed E-state index contributed by atoms with van der Waals surface area (Å²) in [5, 5.41) is 35.6. The number of hydrogen-bond acceptors (Lipinski definition) is 8. The molecule has 39 heavy (non-hydrogen) atoms. The predicted molar refractivity (Wildman–Crippen MR) is 151 cm³/mol. The highest BCUT2D eigenvalue weighted by Crippen LogP contribution is 2.40. The average molecular weight is 583 g/mol. The molecule has 0 atom stereocenters. The van der Waals surface area contributed by atoms with Gasteiger partial charge in [0.05, 0.1) is 24.3 Å². The lowest BCUT2D eigenvalue weighted by Gasteiger charge is -2.40. The maximum atomic E-state index is 14.5. The maximum absolute atomic E-state index is 14.5. The van der Waals surface area contributed by atoms with Gasteiger partial charge in [0.25, 0.3) is 0 Å². The van der Waals surface area contributed by atoms with Crippen molar-refractivity contribution in [3.8, 4) is 24.3 Å². The van der Waals surface area contributed by atoms with E-state index in [9.17, 15) is 16.8 Å². The normalized spacial score (nSPS) is 12.1. The van der Waals surface area contributed by atoms with Gasteiger partial charge >= 0.3 is 0 Å². The van der Waals surface area contributed by atoms with E-state index in [1.165, 1.54) is 8.61 Å². The third-order valence-electron chi connectivity index (χ3n) is 6.67. The summed E-state index contributed by atoms with van der Waals surface area (Å²) in [6.45, 7) is 4.03. The number of nitrogens with zero attached hydrogens (tertiary/aromatic N) is 6. The van der Waals surface area contributed by atoms with Gasteiger partial charge in [-0.15, -0.1) is 0 Å². The molecule has 0 radical (unpaired) electrons. The largest absolute Gasteiger partial charge is 0.235 e. The summed E-state index contributed by atoms with van der Waals surface area (Å²) in [6, 6.07) is 8.24. The Balaban J connectivity index is 6.62. The summed E-state index contributed by atoms with van der Waals surface area (Å²) in [5.74, 6) is 0. The van der Waals surface area contributed by atoms with E-state index in [1.54, 1.807) is 13.8 Å². The van der Waals surface area contributed by atoms with Crippen LogP contribution in [0.15, 0.2) is 0 Å². The van der Waals surface area contributed by atoms with Gasteiger partial charge in [-0.25, -0.2) is 25.4 Å². The van der Waals surface area contributed by atoms with Crippen molar-refractivity contribution in [2.75, 3.05) is 26.2 Å². The van der Waals surface area contributed by atoms with E-state index in [0.29, 0.717) is 64.2 Å². The van der Waals surface area contributed by atoms with Crippen molar-refractivity contribution in [3.05, 3.63) is 0 Å². The van der Waals surface area contributed by atoms with Crippen molar-refractivity contribution in [3.63, 3.8) is 0 Å². The zero-order valence-corrected chi connectivity index (χ0v) is 25.4. The first-order valence-electron chi connectivity index (χ1n) is 14.1. The standard InChI is InChI=1S/C27H46N6O4S2/c1-3-17-27(18-4-2,38(34,35)32(23-13-5-9-19-28)24-14-6-10-20-29)39(36,37)33(25-15-7-11-21-30)26-16-8-12-22-31/h3-18,23-26H2,1-2H3. The Morgan fingerprint density at radius 3 is 0.974 bits per heavy atom. The topological polar surface area (TPSA) is 170 Å². The predicted octanol–water partition coefficient (Wildman–Crippen LogP) is 5.32. The van der Waals surface area contributed by atoms with Crippen LogP contribution in [0.2, 0.25) is 0 Å². The number of hydrogen-bond donors (Lipinski definition) is 0. The summed E-state index contributed by atoms with van der Waals surface area (Å²) in [4.78, 5) is 0. The van der Waals surface area contributed by atoms with Crippen LogP contribution in [0.5, 0.6) is 0 Å². The highest BCUT2D eigenvalue weighted by Gasteiger charge is 2.57. The van der Waals surface area contributed by atoms with Gasteiger partial charge in [-0.05, 0) is 64.2 Å².